The van der Waals surface area contributed by atoms with Crippen molar-refractivity contribution in [3.05, 3.63) is 66.1 Å². The second-order valence-electron chi connectivity index (χ2n) is 8.38. The Morgan fingerprint density at radius 1 is 1.26 bits per heavy atom. The molecule has 1 atom stereocenters. The van der Waals surface area contributed by atoms with Gasteiger partial charge in [-0.2, -0.15) is 5.10 Å². The smallest absolute Gasteiger partial charge is 0.234 e. The number of rotatable bonds is 5. The fourth-order valence-corrected chi connectivity index (χ4v) is 5.18. The lowest BCUT2D eigenvalue weighted by molar-refractivity contribution is -0.113. The molecular weight excluding hydrogens is 450 g/mol. The maximum atomic E-state index is 11.7. The van der Waals surface area contributed by atoms with E-state index in [0.29, 0.717) is 18.9 Å². The molecule has 4 aromatic rings. The van der Waals surface area contributed by atoms with E-state index >= 15 is 0 Å². The van der Waals surface area contributed by atoms with Crippen LogP contribution < -0.4 is 20.1 Å². The van der Waals surface area contributed by atoms with Crippen LogP contribution in [0.3, 0.4) is 0 Å². The predicted octanol–water partition coefficient (Wildman–Crippen LogP) is 4.27. The molecule has 4 heterocycles. The number of carbonyl (C=O) groups is 1. The molecule has 34 heavy (non-hydrogen) atoms. The Labute approximate surface area is 200 Å². The van der Waals surface area contributed by atoms with E-state index < -0.39 is 0 Å². The van der Waals surface area contributed by atoms with Gasteiger partial charge in [0.2, 0.25) is 5.91 Å². The quantitative estimate of drug-likeness (QED) is 0.447. The summed E-state index contributed by atoms with van der Waals surface area (Å²) >= 11 is 1.57. The molecule has 6 rings (SSSR count). The van der Waals surface area contributed by atoms with E-state index in [1.165, 1.54) is 0 Å². The van der Waals surface area contributed by atoms with Crippen LogP contribution >= 0.6 is 11.8 Å². The van der Waals surface area contributed by atoms with Gasteiger partial charge < -0.3 is 20.1 Å². The van der Waals surface area contributed by atoms with Gasteiger partial charge in [0.25, 0.3) is 0 Å². The Hall–Kier alpha value is -3.72. The largest absolute Gasteiger partial charge is 0.497 e. The summed E-state index contributed by atoms with van der Waals surface area (Å²) in [6.07, 6.45) is 6.44. The average molecular weight is 474 g/mol. The van der Waals surface area contributed by atoms with Crippen LogP contribution in [0.4, 0.5) is 11.4 Å². The first kappa shape index (κ1) is 20.9. The second kappa shape index (κ2) is 8.57. The Bertz CT molecular complexity index is 1400. The summed E-state index contributed by atoms with van der Waals surface area (Å²) in [4.78, 5) is 17.3. The highest BCUT2D eigenvalue weighted by atomic mass is 32.2. The maximum absolute atomic E-state index is 11.7. The lowest BCUT2D eigenvalue weighted by atomic mass is 9.99. The molecule has 0 spiro atoms. The van der Waals surface area contributed by atoms with Gasteiger partial charge >= 0.3 is 0 Å². The third-order valence-electron chi connectivity index (χ3n) is 6.17. The molecule has 2 aromatic heterocycles. The van der Waals surface area contributed by atoms with Crippen molar-refractivity contribution in [1.29, 1.82) is 0 Å². The summed E-state index contributed by atoms with van der Waals surface area (Å²) in [7, 11) is 1.67. The monoisotopic (exact) mass is 473 g/mol. The molecule has 172 valence electrons. The molecule has 8 nitrogen and oxygen atoms in total. The minimum Gasteiger partial charge on any atom is -0.497 e. The van der Waals surface area contributed by atoms with Crippen LogP contribution in [0.25, 0.3) is 10.9 Å². The first-order valence-electron chi connectivity index (χ1n) is 11.1. The lowest BCUT2D eigenvalue weighted by Gasteiger charge is -2.26. The number of fused-ring (bicyclic) bond motifs is 4. The third-order valence-corrected chi connectivity index (χ3v) is 7.24. The van der Waals surface area contributed by atoms with Crippen molar-refractivity contribution in [1.82, 2.24) is 14.8 Å². The van der Waals surface area contributed by atoms with Crippen LogP contribution in [-0.2, 0) is 17.8 Å². The van der Waals surface area contributed by atoms with Gasteiger partial charge in [-0.15, -0.1) is 11.8 Å². The zero-order valence-electron chi connectivity index (χ0n) is 18.6. The van der Waals surface area contributed by atoms with Gasteiger partial charge in [0, 0.05) is 35.0 Å². The van der Waals surface area contributed by atoms with Crippen LogP contribution in [0.1, 0.15) is 17.2 Å². The SMILES string of the molecule is COc1ccc2ncc3c(c2c1)CC(n1cc(NCc2ccc4c(c2)NC(=O)CS4)cn1)CO3. The molecule has 2 aromatic carbocycles. The number of nitrogens with zero attached hydrogens (tertiary/aromatic N) is 3. The molecule has 1 amide bonds. The first-order valence-corrected chi connectivity index (χ1v) is 12.1. The number of aromatic nitrogens is 3. The van der Waals surface area contributed by atoms with Crippen LogP contribution in [0.15, 0.2) is 59.9 Å². The van der Waals surface area contributed by atoms with E-state index in [1.807, 2.05) is 41.3 Å². The summed E-state index contributed by atoms with van der Waals surface area (Å²) in [5, 5.41) is 12.0. The number of nitrogens with one attached hydrogen (secondary N) is 2. The Morgan fingerprint density at radius 2 is 2.21 bits per heavy atom. The fourth-order valence-electron chi connectivity index (χ4n) is 4.39. The molecule has 0 fully saturated rings. The van der Waals surface area contributed by atoms with E-state index in [4.69, 9.17) is 9.47 Å². The van der Waals surface area contributed by atoms with Gasteiger partial charge in [-0.25, -0.2) is 0 Å². The molecule has 9 heteroatoms. The molecule has 0 saturated heterocycles. The van der Waals surface area contributed by atoms with Crippen molar-refractivity contribution in [2.45, 2.75) is 23.9 Å². The molecular formula is C25H23N5O3S. The van der Waals surface area contributed by atoms with E-state index in [2.05, 4.69) is 32.8 Å². The van der Waals surface area contributed by atoms with Crippen molar-refractivity contribution < 1.29 is 14.3 Å². The van der Waals surface area contributed by atoms with Crippen LogP contribution in [0.5, 0.6) is 11.5 Å². The lowest BCUT2D eigenvalue weighted by Crippen LogP contribution is -2.25. The van der Waals surface area contributed by atoms with Crippen LogP contribution in [0, 0.1) is 0 Å². The Morgan fingerprint density at radius 3 is 3.12 bits per heavy atom. The Kier molecular flexibility index (Phi) is 5.26. The van der Waals surface area contributed by atoms with Gasteiger partial charge in [-0.1, -0.05) is 6.07 Å². The zero-order chi connectivity index (χ0) is 23.1. The number of amides is 1. The molecule has 0 bridgehead atoms. The van der Waals surface area contributed by atoms with Gasteiger partial charge in [-0.05, 0) is 35.9 Å². The zero-order valence-corrected chi connectivity index (χ0v) is 19.4. The van der Waals surface area contributed by atoms with Crippen molar-refractivity contribution in [2.24, 2.45) is 0 Å². The van der Waals surface area contributed by atoms with E-state index in [-0.39, 0.29) is 11.9 Å². The molecule has 2 aliphatic rings. The number of benzene rings is 2. The number of methoxy groups -OCH3 is 1. The summed E-state index contributed by atoms with van der Waals surface area (Å²) in [6, 6.07) is 12.2. The number of carbonyl (C=O) groups excluding carboxylic acids is 1. The molecule has 0 radical (unpaired) electrons. The van der Waals surface area contributed by atoms with Gasteiger partial charge in [-0.3, -0.25) is 14.5 Å². The number of hydrogen-bond donors (Lipinski definition) is 2. The number of anilines is 2. The van der Waals surface area contributed by atoms with E-state index in [9.17, 15) is 4.79 Å². The summed E-state index contributed by atoms with van der Waals surface area (Å²) < 4.78 is 13.4. The van der Waals surface area contributed by atoms with Crippen molar-refractivity contribution >= 4 is 39.9 Å². The molecule has 2 aliphatic heterocycles. The third kappa shape index (κ3) is 3.92. The van der Waals surface area contributed by atoms with Crippen LogP contribution in [0.2, 0.25) is 0 Å². The topological polar surface area (TPSA) is 90.3 Å². The Balaban J connectivity index is 1.17. The molecule has 2 N–H and O–H groups in total. The van der Waals surface area contributed by atoms with Crippen molar-refractivity contribution in [3.63, 3.8) is 0 Å². The number of ether oxygens (including phenoxy) is 2. The summed E-state index contributed by atoms with van der Waals surface area (Å²) in [5.41, 5.74) is 4.96. The minimum absolute atomic E-state index is 0.0437. The normalized spacial score (nSPS) is 16.9. The van der Waals surface area contributed by atoms with Gasteiger partial charge in [0.05, 0.1) is 48.2 Å². The number of hydrogen-bond acceptors (Lipinski definition) is 7. The van der Waals surface area contributed by atoms with Gasteiger partial charge in [0.15, 0.2) is 0 Å². The number of pyridine rings is 1. The van der Waals surface area contributed by atoms with Crippen molar-refractivity contribution in [2.75, 3.05) is 30.1 Å². The van der Waals surface area contributed by atoms with Gasteiger partial charge in [0.1, 0.15) is 18.1 Å². The predicted molar refractivity (Wildman–Crippen MR) is 132 cm³/mol. The second-order valence-corrected chi connectivity index (χ2v) is 9.40. The fraction of sp³-hybridized carbons (Fsp3) is 0.240. The van der Waals surface area contributed by atoms with Crippen LogP contribution in [-0.4, -0.2) is 40.1 Å². The van der Waals surface area contributed by atoms with E-state index in [1.54, 1.807) is 25.1 Å². The highest BCUT2D eigenvalue weighted by Gasteiger charge is 2.25. The summed E-state index contributed by atoms with van der Waals surface area (Å²) in [5.74, 6) is 2.14. The molecule has 0 aliphatic carbocycles. The minimum atomic E-state index is 0.0437. The van der Waals surface area contributed by atoms with Crippen molar-refractivity contribution in [3.8, 4) is 11.5 Å². The first-order chi connectivity index (χ1) is 16.7. The summed E-state index contributed by atoms with van der Waals surface area (Å²) in [6.45, 7) is 1.17. The number of thioether (sulfide) groups is 1. The molecule has 0 saturated carbocycles. The highest BCUT2D eigenvalue weighted by Crippen LogP contribution is 2.36. The standard InChI is InChI=1S/C25H23N5O3S/c1-32-18-3-4-21-19(8-18)20-7-17(13-33-23(20)11-27-21)30-12-16(10-28-30)26-9-15-2-5-24-22(6-15)29-25(31)14-34-24/h2-6,8,10-12,17,26H,7,9,13-14H2,1H3,(H,29,31). The molecule has 1 unspecified atom stereocenters. The highest BCUT2D eigenvalue weighted by molar-refractivity contribution is 8.00. The maximum Gasteiger partial charge on any atom is 0.234 e. The average Bonchev–Trinajstić information content (AvgIpc) is 3.35. The van der Waals surface area contributed by atoms with E-state index in [0.717, 1.165) is 56.2 Å².